The van der Waals surface area contributed by atoms with Gasteiger partial charge in [-0.25, -0.2) is 0 Å². The molecule has 2 unspecified atom stereocenters. The summed E-state index contributed by atoms with van der Waals surface area (Å²) < 4.78 is 0. The zero-order valence-electron chi connectivity index (χ0n) is 12.8. The first-order valence-corrected chi connectivity index (χ1v) is 7.17. The molecule has 0 amide bonds. The lowest BCUT2D eigenvalue weighted by Crippen LogP contribution is -2.24. The van der Waals surface area contributed by atoms with E-state index in [4.69, 9.17) is 5.73 Å². The number of nitrogens with two attached hydrogens (primary N) is 1. The molecule has 0 aliphatic rings. The Morgan fingerprint density at radius 3 is 2.25 bits per heavy atom. The van der Waals surface area contributed by atoms with E-state index >= 15 is 0 Å². The van der Waals surface area contributed by atoms with Gasteiger partial charge in [0.25, 0.3) is 0 Å². The van der Waals surface area contributed by atoms with Crippen LogP contribution in [0, 0.1) is 0 Å². The first-order chi connectivity index (χ1) is 9.41. The Kier molecular flexibility index (Phi) is 4.24. The molecular weight excluding hydrogens is 244 g/mol. The zero-order chi connectivity index (χ0) is 14.8. The summed E-state index contributed by atoms with van der Waals surface area (Å²) in [6.45, 7) is 8.82. The van der Waals surface area contributed by atoms with Gasteiger partial charge in [-0.1, -0.05) is 58.0 Å². The Hall–Kier alpha value is -1.67. The highest BCUT2D eigenvalue weighted by molar-refractivity contribution is 5.36. The van der Waals surface area contributed by atoms with Crippen LogP contribution in [0.1, 0.15) is 56.5 Å². The first kappa shape index (κ1) is 14.7. The molecule has 20 heavy (non-hydrogen) atoms. The molecule has 0 radical (unpaired) electrons. The van der Waals surface area contributed by atoms with Crippen LogP contribution in [0.2, 0.25) is 0 Å². The fraction of sp³-hybridized carbons (Fsp3) is 0.389. The second-order valence-electron chi connectivity index (χ2n) is 6.41. The Labute approximate surface area is 122 Å². The molecule has 1 aromatic heterocycles. The molecule has 2 aromatic rings. The summed E-state index contributed by atoms with van der Waals surface area (Å²) in [6.07, 6.45) is 1.83. The van der Waals surface area contributed by atoms with Crippen LogP contribution in [0.15, 0.2) is 48.7 Å². The van der Waals surface area contributed by atoms with Crippen molar-refractivity contribution in [1.82, 2.24) is 4.98 Å². The highest BCUT2D eigenvalue weighted by Gasteiger charge is 2.24. The number of aromatic nitrogens is 1. The Morgan fingerprint density at radius 1 is 1.00 bits per heavy atom. The summed E-state index contributed by atoms with van der Waals surface area (Å²) in [7, 11) is 0. The van der Waals surface area contributed by atoms with Crippen LogP contribution in [0.25, 0.3) is 0 Å². The Balaban J connectivity index is 2.37. The first-order valence-electron chi connectivity index (χ1n) is 7.17. The summed E-state index contributed by atoms with van der Waals surface area (Å²) in [5.41, 5.74) is 10.2. The van der Waals surface area contributed by atoms with Crippen LogP contribution in [-0.2, 0) is 5.41 Å². The maximum atomic E-state index is 6.53. The highest BCUT2D eigenvalue weighted by atomic mass is 14.7. The summed E-state index contributed by atoms with van der Waals surface area (Å²) in [5.74, 6) is 0.194. The molecular formula is C18H24N2. The number of hydrogen-bond acceptors (Lipinski definition) is 2. The molecule has 2 atom stereocenters. The van der Waals surface area contributed by atoms with Gasteiger partial charge in [-0.2, -0.15) is 0 Å². The monoisotopic (exact) mass is 268 g/mol. The molecule has 106 valence electrons. The average Bonchev–Trinajstić information content (AvgIpc) is 2.46. The number of benzene rings is 1. The quantitative estimate of drug-likeness (QED) is 0.906. The standard InChI is InChI=1S/C18H24N2/c1-13(16-11-7-8-12-20-16)17(19)14-9-5-6-10-15(14)18(2,3)4/h5-13,17H,19H2,1-4H3. The van der Waals surface area contributed by atoms with Crippen molar-refractivity contribution in [3.63, 3.8) is 0 Å². The molecule has 0 saturated heterocycles. The van der Waals surface area contributed by atoms with Gasteiger partial charge in [-0.05, 0) is 28.7 Å². The third kappa shape index (κ3) is 3.07. The van der Waals surface area contributed by atoms with Crippen LogP contribution < -0.4 is 5.73 Å². The lowest BCUT2D eigenvalue weighted by atomic mass is 9.79. The molecule has 0 spiro atoms. The maximum Gasteiger partial charge on any atom is 0.0450 e. The number of pyridine rings is 1. The fourth-order valence-electron chi connectivity index (χ4n) is 2.57. The van der Waals surface area contributed by atoms with E-state index in [0.29, 0.717) is 0 Å². The van der Waals surface area contributed by atoms with Crippen molar-refractivity contribution in [2.45, 2.75) is 45.1 Å². The third-order valence-electron chi connectivity index (χ3n) is 3.82. The van der Waals surface area contributed by atoms with Crippen molar-refractivity contribution in [3.05, 3.63) is 65.5 Å². The Bertz CT molecular complexity index is 555. The van der Waals surface area contributed by atoms with E-state index in [2.05, 4.69) is 56.9 Å². The summed E-state index contributed by atoms with van der Waals surface area (Å²) in [6, 6.07) is 14.4. The predicted octanol–water partition coefficient (Wildman–Crippen LogP) is 4.18. The summed E-state index contributed by atoms with van der Waals surface area (Å²) in [4.78, 5) is 4.44. The molecule has 0 bridgehead atoms. The van der Waals surface area contributed by atoms with E-state index in [1.54, 1.807) is 0 Å². The maximum absolute atomic E-state index is 6.53. The molecule has 1 heterocycles. The van der Waals surface area contributed by atoms with E-state index in [1.165, 1.54) is 11.1 Å². The zero-order valence-corrected chi connectivity index (χ0v) is 12.8. The minimum Gasteiger partial charge on any atom is -0.323 e. The van der Waals surface area contributed by atoms with Crippen LogP contribution >= 0.6 is 0 Å². The van der Waals surface area contributed by atoms with Crippen molar-refractivity contribution in [2.24, 2.45) is 5.73 Å². The molecule has 1 aromatic carbocycles. The number of nitrogens with zero attached hydrogens (tertiary/aromatic N) is 1. The van der Waals surface area contributed by atoms with Crippen LogP contribution in [0.4, 0.5) is 0 Å². The molecule has 0 saturated carbocycles. The van der Waals surface area contributed by atoms with Gasteiger partial charge in [-0.15, -0.1) is 0 Å². The minimum atomic E-state index is -0.0414. The van der Waals surface area contributed by atoms with Crippen LogP contribution in [-0.4, -0.2) is 4.98 Å². The van der Waals surface area contributed by atoms with E-state index in [9.17, 15) is 0 Å². The average molecular weight is 268 g/mol. The van der Waals surface area contributed by atoms with Crippen molar-refractivity contribution in [3.8, 4) is 0 Å². The molecule has 0 fully saturated rings. The van der Waals surface area contributed by atoms with Crippen molar-refractivity contribution < 1.29 is 0 Å². The van der Waals surface area contributed by atoms with Gasteiger partial charge < -0.3 is 5.73 Å². The molecule has 2 nitrogen and oxygen atoms in total. The Morgan fingerprint density at radius 2 is 1.65 bits per heavy atom. The molecule has 2 heteroatoms. The largest absolute Gasteiger partial charge is 0.323 e. The van der Waals surface area contributed by atoms with Gasteiger partial charge in [0.2, 0.25) is 0 Å². The summed E-state index contributed by atoms with van der Waals surface area (Å²) in [5, 5.41) is 0. The summed E-state index contributed by atoms with van der Waals surface area (Å²) >= 11 is 0. The van der Waals surface area contributed by atoms with E-state index < -0.39 is 0 Å². The van der Waals surface area contributed by atoms with Gasteiger partial charge in [-0.3, -0.25) is 4.98 Å². The predicted molar refractivity (Wildman–Crippen MR) is 84.7 cm³/mol. The van der Waals surface area contributed by atoms with Gasteiger partial charge in [0, 0.05) is 23.9 Å². The van der Waals surface area contributed by atoms with E-state index in [-0.39, 0.29) is 17.4 Å². The smallest absolute Gasteiger partial charge is 0.0450 e. The lowest BCUT2D eigenvalue weighted by molar-refractivity contribution is 0.538. The molecule has 0 aliphatic carbocycles. The van der Waals surface area contributed by atoms with Crippen LogP contribution in [0.3, 0.4) is 0 Å². The lowest BCUT2D eigenvalue weighted by Gasteiger charge is -2.28. The van der Waals surface area contributed by atoms with Gasteiger partial charge in [0.05, 0.1) is 0 Å². The fourth-order valence-corrected chi connectivity index (χ4v) is 2.57. The van der Waals surface area contributed by atoms with Gasteiger partial charge in [0.15, 0.2) is 0 Å². The van der Waals surface area contributed by atoms with E-state index in [0.717, 1.165) is 5.69 Å². The number of rotatable bonds is 3. The molecule has 0 aliphatic heterocycles. The van der Waals surface area contributed by atoms with Crippen molar-refractivity contribution in [2.75, 3.05) is 0 Å². The third-order valence-corrected chi connectivity index (χ3v) is 3.82. The van der Waals surface area contributed by atoms with Gasteiger partial charge >= 0.3 is 0 Å². The molecule has 2 rings (SSSR count). The SMILES string of the molecule is CC(c1ccccn1)C(N)c1ccccc1C(C)(C)C. The normalized spacial score (nSPS) is 14.8. The number of hydrogen-bond donors (Lipinski definition) is 1. The van der Waals surface area contributed by atoms with Crippen molar-refractivity contribution in [1.29, 1.82) is 0 Å². The molecule has 2 N–H and O–H groups in total. The van der Waals surface area contributed by atoms with Gasteiger partial charge in [0.1, 0.15) is 0 Å². The van der Waals surface area contributed by atoms with E-state index in [1.807, 2.05) is 24.4 Å². The van der Waals surface area contributed by atoms with Crippen LogP contribution in [0.5, 0.6) is 0 Å². The second kappa shape index (κ2) is 5.76. The van der Waals surface area contributed by atoms with Crippen molar-refractivity contribution >= 4 is 0 Å². The second-order valence-corrected chi connectivity index (χ2v) is 6.41. The topological polar surface area (TPSA) is 38.9 Å². The highest BCUT2D eigenvalue weighted by Crippen LogP contribution is 2.34. The minimum absolute atomic E-state index is 0.0414.